The normalized spacial score (nSPS) is 16.9. The molecular weight excluding hydrogens is 486 g/mol. The average Bonchev–Trinajstić information content (AvgIpc) is 2.97. The Morgan fingerprint density at radius 2 is 1.26 bits per heavy atom. The van der Waals surface area contributed by atoms with Crippen molar-refractivity contribution >= 4 is 5.57 Å². The monoisotopic (exact) mass is 528 g/mol. The van der Waals surface area contributed by atoms with E-state index in [-0.39, 0.29) is 11.2 Å². The Kier molecular flexibility index (Phi) is 10.7. The minimum atomic E-state index is -0.810. The summed E-state index contributed by atoms with van der Waals surface area (Å²) >= 11 is 0. The molecule has 4 rings (SSSR count). The zero-order valence-corrected chi connectivity index (χ0v) is 23.5. The van der Waals surface area contributed by atoms with Crippen LogP contribution in [0.25, 0.3) is 27.8 Å². The lowest BCUT2D eigenvalue weighted by Crippen LogP contribution is -2.31. The number of hydrogen-bond acceptors (Lipinski definition) is 1. The van der Waals surface area contributed by atoms with E-state index in [0.717, 1.165) is 24.0 Å². The number of ether oxygens (including phenoxy) is 1. The predicted octanol–water partition coefficient (Wildman–Crippen LogP) is 10.9. The van der Waals surface area contributed by atoms with Crippen LogP contribution in [0.3, 0.4) is 0 Å². The van der Waals surface area contributed by atoms with Gasteiger partial charge in [-0.15, -0.1) is 0 Å². The van der Waals surface area contributed by atoms with E-state index in [1.54, 1.807) is 12.1 Å². The van der Waals surface area contributed by atoms with Crippen molar-refractivity contribution in [2.75, 3.05) is 6.61 Å². The van der Waals surface area contributed by atoms with Gasteiger partial charge in [0, 0.05) is 17.7 Å². The molecule has 0 N–H and O–H groups in total. The Balaban J connectivity index is 1.40. The fourth-order valence-electron chi connectivity index (χ4n) is 5.54. The summed E-state index contributed by atoms with van der Waals surface area (Å²) in [6.45, 7) is 4.89. The molecule has 3 heteroatoms. The lowest BCUT2D eigenvalue weighted by atomic mass is 9.85. The van der Waals surface area contributed by atoms with E-state index < -0.39 is 11.6 Å². The fraction of sp³-hybridized carbons (Fsp3) is 0.389. The molecule has 1 aliphatic rings. The van der Waals surface area contributed by atoms with Crippen molar-refractivity contribution in [3.8, 4) is 22.3 Å². The van der Waals surface area contributed by atoms with Crippen molar-refractivity contribution in [3.05, 3.63) is 102 Å². The summed E-state index contributed by atoms with van der Waals surface area (Å²) in [6.07, 6.45) is 17.8. The summed E-state index contributed by atoms with van der Waals surface area (Å²) in [6, 6.07) is 21.0. The molecule has 0 saturated heterocycles. The van der Waals surface area contributed by atoms with Gasteiger partial charge in [-0.25, -0.2) is 8.78 Å². The Labute approximate surface area is 233 Å². The second kappa shape index (κ2) is 14.4. The third-order valence-corrected chi connectivity index (χ3v) is 7.82. The third-order valence-electron chi connectivity index (χ3n) is 7.82. The molecule has 0 heterocycles. The molecule has 1 unspecified atom stereocenters. The summed E-state index contributed by atoms with van der Waals surface area (Å²) in [5.74, 6) is -1.61. The van der Waals surface area contributed by atoms with Gasteiger partial charge in [-0.1, -0.05) is 143 Å². The van der Waals surface area contributed by atoms with E-state index in [2.05, 4.69) is 13.0 Å². The summed E-state index contributed by atoms with van der Waals surface area (Å²) in [7, 11) is 0. The number of benzene rings is 3. The van der Waals surface area contributed by atoms with E-state index >= 15 is 8.78 Å². The van der Waals surface area contributed by atoms with E-state index in [4.69, 9.17) is 4.74 Å². The van der Waals surface area contributed by atoms with Gasteiger partial charge in [-0.3, -0.25) is 0 Å². The molecule has 0 aliphatic heterocycles. The maximum absolute atomic E-state index is 15.3. The maximum atomic E-state index is 15.3. The average molecular weight is 529 g/mol. The van der Waals surface area contributed by atoms with Gasteiger partial charge in [0.2, 0.25) is 0 Å². The molecule has 0 radical (unpaired) electrons. The molecular formula is C36H42F2O. The number of allylic oxidation sites excluding steroid dienone is 2. The molecule has 0 fully saturated rings. The molecule has 0 bridgehead atoms. The van der Waals surface area contributed by atoms with Crippen molar-refractivity contribution in [1.82, 2.24) is 0 Å². The first-order valence-electron chi connectivity index (χ1n) is 14.7. The molecule has 1 atom stereocenters. The van der Waals surface area contributed by atoms with Crippen LogP contribution in [0.1, 0.15) is 83.6 Å². The number of rotatable bonds is 14. The lowest BCUT2D eigenvalue weighted by molar-refractivity contribution is -0.00728. The molecule has 1 aliphatic carbocycles. The predicted molar refractivity (Wildman–Crippen MR) is 161 cm³/mol. The van der Waals surface area contributed by atoms with E-state index in [1.807, 2.05) is 73.7 Å². The van der Waals surface area contributed by atoms with Crippen LogP contribution >= 0.6 is 0 Å². The van der Waals surface area contributed by atoms with Gasteiger partial charge in [0.1, 0.15) is 0 Å². The lowest BCUT2D eigenvalue weighted by Gasteiger charge is -2.32. The van der Waals surface area contributed by atoms with Crippen molar-refractivity contribution in [2.24, 2.45) is 0 Å². The summed E-state index contributed by atoms with van der Waals surface area (Å²) in [5.41, 5.74) is 3.72. The Hall–Kier alpha value is -3.04. The standard InChI is InChI=1S/C36H42F2O/c1-3-5-6-7-8-9-10-14-25-36(39-4-2)26-23-31(24-27-36)33-22-21-32(34(37)35(33)38)30-19-17-29(18-20-30)28-15-12-11-13-16-28/h11-13,15-24,26H,3-10,14,25,27H2,1-2H3. The third kappa shape index (κ3) is 7.54. The molecule has 206 valence electrons. The van der Waals surface area contributed by atoms with E-state index in [9.17, 15) is 0 Å². The van der Waals surface area contributed by atoms with Crippen LogP contribution in [0.4, 0.5) is 8.78 Å². The first kappa shape index (κ1) is 29.0. The molecule has 0 saturated carbocycles. The number of hydrogen-bond donors (Lipinski definition) is 0. The molecule has 0 amide bonds. The zero-order chi connectivity index (χ0) is 27.5. The largest absolute Gasteiger partial charge is 0.371 e. The molecule has 1 nitrogen and oxygen atoms in total. The summed E-state index contributed by atoms with van der Waals surface area (Å²) in [4.78, 5) is 0. The molecule has 39 heavy (non-hydrogen) atoms. The SMILES string of the molecule is CCCCCCCCCCC1(OCC)C=CC(c2ccc(-c3ccc(-c4ccccc4)cc3)c(F)c2F)=CC1. The first-order chi connectivity index (χ1) is 19.1. The van der Waals surface area contributed by atoms with Crippen molar-refractivity contribution in [1.29, 1.82) is 0 Å². The highest BCUT2D eigenvalue weighted by Gasteiger charge is 2.29. The van der Waals surface area contributed by atoms with Gasteiger partial charge >= 0.3 is 0 Å². The second-order valence-electron chi connectivity index (χ2n) is 10.7. The number of halogens is 2. The quantitative estimate of drug-likeness (QED) is 0.189. The minimum absolute atomic E-state index is 0.273. The molecule has 3 aromatic carbocycles. The summed E-state index contributed by atoms with van der Waals surface area (Å²) < 4.78 is 36.8. The minimum Gasteiger partial charge on any atom is -0.371 e. The topological polar surface area (TPSA) is 9.23 Å². The van der Waals surface area contributed by atoms with Gasteiger partial charge in [0.25, 0.3) is 0 Å². The van der Waals surface area contributed by atoms with Crippen LogP contribution in [0.15, 0.2) is 85.0 Å². The summed E-state index contributed by atoms with van der Waals surface area (Å²) in [5, 5.41) is 0. The van der Waals surface area contributed by atoms with Crippen LogP contribution in [0, 0.1) is 11.6 Å². The first-order valence-corrected chi connectivity index (χ1v) is 14.7. The van der Waals surface area contributed by atoms with Gasteiger partial charge < -0.3 is 4.74 Å². The Morgan fingerprint density at radius 1 is 0.667 bits per heavy atom. The molecule has 3 aromatic rings. The van der Waals surface area contributed by atoms with E-state index in [0.29, 0.717) is 29.7 Å². The van der Waals surface area contributed by atoms with E-state index in [1.165, 1.54) is 44.9 Å². The van der Waals surface area contributed by atoms with Gasteiger partial charge in [0.05, 0.1) is 5.60 Å². The molecule has 0 aromatic heterocycles. The maximum Gasteiger partial charge on any atom is 0.167 e. The Bertz CT molecular complexity index is 1240. The molecule has 0 spiro atoms. The van der Waals surface area contributed by atoms with Gasteiger partial charge in [-0.05, 0) is 42.0 Å². The van der Waals surface area contributed by atoms with Crippen LogP contribution in [0.5, 0.6) is 0 Å². The van der Waals surface area contributed by atoms with Crippen LogP contribution in [-0.4, -0.2) is 12.2 Å². The van der Waals surface area contributed by atoms with Crippen molar-refractivity contribution in [3.63, 3.8) is 0 Å². The highest BCUT2D eigenvalue weighted by Crippen LogP contribution is 2.36. The zero-order valence-electron chi connectivity index (χ0n) is 23.5. The smallest absolute Gasteiger partial charge is 0.167 e. The Morgan fingerprint density at radius 3 is 1.90 bits per heavy atom. The van der Waals surface area contributed by atoms with Gasteiger partial charge in [-0.2, -0.15) is 0 Å². The van der Waals surface area contributed by atoms with Crippen molar-refractivity contribution in [2.45, 2.75) is 83.7 Å². The van der Waals surface area contributed by atoms with Crippen molar-refractivity contribution < 1.29 is 13.5 Å². The highest BCUT2D eigenvalue weighted by atomic mass is 19.2. The van der Waals surface area contributed by atoms with Crippen LogP contribution in [-0.2, 0) is 4.74 Å². The number of unbranched alkanes of at least 4 members (excludes halogenated alkanes) is 7. The van der Waals surface area contributed by atoms with Crippen LogP contribution in [0.2, 0.25) is 0 Å². The van der Waals surface area contributed by atoms with Crippen LogP contribution < -0.4 is 0 Å². The second-order valence-corrected chi connectivity index (χ2v) is 10.7. The highest BCUT2D eigenvalue weighted by molar-refractivity contribution is 5.78. The van der Waals surface area contributed by atoms with Gasteiger partial charge in [0.15, 0.2) is 11.6 Å². The fourth-order valence-corrected chi connectivity index (χ4v) is 5.54.